The standard InChI is InChI=1S/C9H12O4S2/c1-12-6-5-9(15(3,10)11)7(13-2)4-8(6)14/h4-5,14H,1-3H3. The second-order valence-corrected chi connectivity index (χ2v) is 5.41. The minimum atomic E-state index is -3.33. The van der Waals surface area contributed by atoms with Gasteiger partial charge in [0.25, 0.3) is 0 Å². The van der Waals surface area contributed by atoms with Crippen molar-refractivity contribution in [3.8, 4) is 11.5 Å². The maximum Gasteiger partial charge on any atom is 0.179 e. The van der Waals surface area contributed by atoms with Gasteiger partial charge in [-0.05, 0) is 6.07 Å². The van der Waals surface area contributed by atoms with Gasteiger partial charge in [0.2, 0.25) is 0 Å². The average Bonchev–Trinajstić information content (AvgIpc) is 2.15. The molecule has 0 heterocycles. The molecule has 0 saturated heterocycles. The first kappa shape index (κ1) is 12.2. The SMILES string of the molecule is COc1cc(S(C)(=O)=O)c(OC)cc1S. The highest BCUT2D eigenvalue weighted by Gasteiger charge is 2.17. The maximum absolute atomic E-state index is 11.4. The predicted octanol–water partition coefficient (Wildman–Crippen LogP) is 1.40. The molecule has 15 heavy (non-hydrogen) atoms. The molecule has 0 aliphatic carbocycles. The molecule has 1 aromatic rings. The van der Waals surface area contributed by atoms with Gasteiger partial charge in [0.1, 0.15) is 16.4 Å². The van der Waals surface area contributed by atoms with Crippen molar-refractivity contribution in [2.24, 2.45) is 0 Å². The van der Waals surface area contributed by atoms with E-state index in [1.54, 1.807) is 0 Å². The molecule has 1 aromatic carbocycles. The van der Waals surface area contributed by atoms with Gasteiger partial charge >= 0.3 is 0 Å². The van der Waals surface area contributed by atoms with E-state index in [2.05, 4.69) is 12.6 Å². The van der Waals surface area contributed by atoms with Crippen LogP contribution in [0.15, 0.2) is 21.9 Å². The summed E-state index contributed by atoms with van der Waals surface area (Å²) >= 11 is 4.14. The smallest absolute Gasteiger partial charge is 0.179 e. The van der Waals surface area contributed by atoms with Gasteiger partial charge in [0.15, 0.2) is 9.84 Å². The minimum Gasteiger partial charge on any atom is -0.496 e. The maximum atomic E-state index is 11.4. The number of ether oxygens (including phenoxy) is 2. The molecule has 0 aliphatic rings. The van der Waals surface area contributed by atoms with Gasteiger partial charge in [0, 0.05) is 12.3 Å². The average molecular weight is 248 g/mol. The van der Waals surface area contributed by atoms with Crippen molar-refractivity contribution in [2.45, 2.75) is 9.79 Å². The molecule has 0 aromatic heterocycles. The Balaban J connectivity index is 3.49. The summed E-state index contributed by atoms with van der Waals surface area (Å²) in [5, 5.41) is 0. The Morgan fingerprint density at radius 3 is 2.07 bits per heavy atom. The molecule has 0 amide bonds. The topological polar surface area (TPSA) is 52.6 Å². The molecule has 4 nitrogen and oxygen atoms in total. The van der Waals surface area contributed by atoms with Crippen molar-refractivity contribution < 1.29 is 17.9 Å². The van der Waals surface area contributed by atoms with Crippen LogP contribution >= 0.6 is 12.6 Å². The lowest BCUT2D eigenvalue weighted by molar-refractivity contribution is 0.385. The van der Waals surface area contributed by atoms with Gasteiger partial charge in [-0.25, -0.2) is 8.42 Å². The molecule has 0 unspecified atom stereocenters. The third kappa shape index (κ3) is 2.57. The second-order valence-electron chi connectivity index (χ2n) is 2.95. The number of benzene rings is 1. The fraction of sp³-hybridized carbons (Fsp3) is 0.333. The van der Waals surface area contributed by atoms with Gasteiger partial charge in [-0.15, -0.1) is 12.6 Å². The van der Waals surface area contributed by atoms with E-state index in [0.29, 0.717) is 10.6 Å². The van der Waals surface area contributed by atoms with E-state index >= 15 is 0 Å². The molecule has 0 N–H and O–H groups in total. The largest absolute Gasteiger partial charge is 0.496 e. The zero-order valence-electron chi connectivity index (χ0n) is 8.64. The highest BCUT2D eigenvalue weighted by atomic mass is 32.2. The van der Waals surface area contributed by atoms with Crippen LogP contribution < -0.4 is 9.47 Å². The summed E-state index contributed by atoms with van der Waals surface area (Å²) in [5.41, 5.74) is 0. The molecule has 0 bridgehead atoms. The van der Waals surface area contributed by atoms with E-state index < -0.39 is 9.84 Å². The van der Waals surface area contributed by atoms with Crippen LogP contribution in [-0.4, -0.2) is 28.9 Å². The molecular weight excluding hydrogens is 236 g/mol. The highest BCUT2D eigenvalue weighted by molar-refractivity contribution is 7.90. The number of thiol groups is 1. The first-order chi connectivity index (χ1) is 6.90. The lowest BCUT2D eigenvalue weighted by Crippen LogP contribution is -2.01. The summed E-state index contributed by atoms with van der Waals surface area (Å²) in [4.78, 5) is 0.626. The first-order valence-electron chi connectivity index (χ1n) is 4.05. The van der Waals surface area contributed by atoms with Gasteiger partial charge in [-0.1, -0.05) is 0 Å². The van der Waals surface area contributed by atoms with Crippen LogP contribution in [0.4, 0.5) is 0 Å². The lowest BCUT2D eigenvalue weighted by Gasteiger charge is -2.10. The minimum absolute atomic E-state index is 0.0969. The summed E-state index contributed by atoms with van der Waals surface area (Å²) in [6.45, 7) is 0. The number of methoxy groups -OCH3 is 2. The number of hydrogen-bond acceptors (Lipinski definition) is 5. The molecule has 0 radical (unpaired) electrons. The Kier molecular flexibility index (Phi) is 3.51. The Morgan fingerprint density at radius 2 is 1.67 bits per heavy atom. The van der Waals surface area contributed by atoms with Gasteiger partial charge in [-0.2, -0.15) is 0 Å². The zero-order valence-corrected chi connectivity index (χ0v) is 10.4. The molecule has 1 rings (SSSR count). The normalized spacial score (nSPS) is 11.2. The Labute approximate surface area is 94.5 Å². The summed E-state index contributed by atoms with van der Waals surface area (Å²) in [7, 11) is -0.475. The predicted molar refractivity (Wildman–Crippen MR) is 59.9 cm³/mol. The summed E-state index contributed by atoms with van der Waals surface area (Å²) in [6, 6.07) is 2.91. The molecule has 0 spiro atoms. The molecule has 0 saturated carbocycles. The molecular formula is C9H12O4S2. The molecule has 0 fully saturated rings. The van der Waals surface area contributed by atoms with Crippen molar-refractivity contribution in [3.05, 3.63) is 12.1 Å². The van der Waals surface area contributed by atoms with Crippen LogP contribution in [0, 0.1) is 0 Å². The second kappa shape index (κ2) is 4.32. The fourth-order valence-corrected chi connectivity index (χ4v) is 2.25. The highest BCUT2D eigenvalue weighted by Crippen LogP contribution is 2.33. The van der Waals surface area contributed by atoms with Crippen molar-refractivity contribution >= 4 is 22.5 Å². The van der Waals surface area contributed by atoms with E-state index in [-0.39, 0.29) is 10.6 Å². The third-order valence-electron chi connectivity index (χ3n) is 1.86. The summed E-state index contributed by atoms with van der Waals surface area (Å²) in [6.07, 6.45) is 1.11. The Bertz CT molecular complexity index is 465. The van der Waals surface area contributed by atoms with Crippen molar-refractivity contribution in [3.63, 3.8) is 0 Å². The van der Waals surface area contributed by atoms with E-state index in [4.69, 9.17) is 9.47 Å². The first-order valence-corrected chi connectivity index (χ1v) is 6.39. The number of rotatable bonds is 3. The van der Waals surface area contributed by atoms with E-state index in [1.165, 1.54) is 26.4 Å². The van der Waals surface area contributed by atoms with Gasteiger partial charge in [0.05, 0.1) is 19.1 Å². The molecule has 0 atom stereocenters. The van der Waals surface area contributed by atoms with Crippen LogP contribution in [-0.2, 0) is 9.84 Å². The van der Waals surface area contributed by atoms with Crippen molar-refractivity contribution in [1.29, 1.82) is 0 Å². The van der Waals surface area contributed by atoms with E-state index in [0.717, 1.165) is 6.26 Å². The van der Waals surface area contributed by atoms with Crippen LogP contribution in [0.5, 0.6) is 11.5 Å². The van der Waals surface area contributed by atoms with Crippen LogP contribution in [0.3, 0.4) is 0 Å². The molecule has 84 valence electrons. The summed E-state index contributed by atoms with van der Waals surface area (Å²) in [5.74, 6) is 0.669. The fourth-order valence-electron chi connectivity index (χ4n) is 1.14. The molecule has 0 aliphatic heterocycles. The monoisotopic (exact) mass is 248 g/mol. The quantitative estimate of drug-likeness (QED) is 0.821. The van der Waals surface area contributed by atoms with Crippen LogP contribution in [0.25, 0.3) is 0 Å². The third-order valence-corrected chi connectivity index (χ3v) is 3.33. The molecule has 6 heteroatoms. The van der Waals surface area contributed by atoms with Crippen molar-refractivity contribution in [1.82, 2.24) is 0 Å². The van der Waals surface area contributed by atoms with Gasteiger partial charge in [-0.3, -0.25) is 0 Å². The van der Waals surface area contributed by atoms with Crippen molar-refractivity contribution in [2.75, 3.05) is 20.5 Å². The summed E-state index contributed by atoms with van der Waals surface area (Å²) < 4.78 is 32.8. The van der Waals surface area contributed by atoms with Crippen LogP contribution in [0.1, 0.15) is 0 Å². The number of hydrogen-bond donors (Lipinski definition) is 1. The van der Waals surface area contributed by atoms with E-state index in [9.17, 15) is 8.42 Å². The Hall–Kier alpha value is -0.880. The van der Waals surface area contributed by atoms with Gasteiger partial charge < -0.3 is 9.47 Å². The number of sulfone groups is 1. The van der Waals surface area contributed by atoms with E-state index in [1.807, 2.05) is 0 Å². The Morgan fingerprint density at radius 1 is 1.13 bits per heavy atom. The lowest BCUT2D eigenvalue weighted by atomic mass is 10.3. The zero-order chi connectivity index (χ0) is 11.6. The van der Waals surface area contributed by atoms with Crippen LogP contribution in [0.2, 0.25) is 0 Å².